The van der Waals surface area contributed by atoms with Gasteiger partial charge in [0.15, 0.2) is 0 Å². The molecule has 0 saturated heterocycles. The topological polar surface area (TPSA) is 43.2 Å². The fourth-order valence-electron chi connectivity index (χ4n) is 5.17. The van der Waals surface area contributed by atoms with Crippen molar-refractivity contribution in [1.29, 1.82) is 0 Å². The Kier molecular flexibility index (Phi) is 8.09. The van der Waals surface area contributed by atoms with Crippen LogP contribution in [0.5, 0.6) is 11.5 Å². The Morgan fingerprint density at radius 3 is 2.28 bits per heavy atom. The van der Waals surface area contributed by atoms with E-state index in [0.717, 1.165) is 51.0 Å². The fraction of sp³-hybridized carbons (Fsp3) is 0.270. The van der Waals surface area contributed by atoms with Crippen LogP contribution in [0.4, 0.5) is 11.4 Å². The van der Waals surface area contributed by atoms with Crippen molar-refractivity contribution in [2.45, 2.75) is 66.2 Å². The van der Waals surface area contributed by atoms with E-state index in [1.54, 1.807) is 0 Å². The van der Waals surface area contributed by atoms with E-state index in [9.17, 15) is 0 Å². The molecule has 6 rings (SSSR count). The maximum Gasteiger partial charge on any atom is 0.0421 e. The monoisotopic (exact) mass is 748 g/mol. The van der Waals surface area contributed by atoms with Crippen molar-refractivity contribution in [2.75, 3.05) is 4.90 Å². The van der Waals surface area contributed by atoms with Gasteiger partial charge in [-0.2, -0.15) is 0 Å². The van der Waals surface area contributed by atoms with Crippen LogP contribution in [0.2, 0.25) is 0 Å². The SMILES string of the molecule is Cc1nc2n(c1C)[CH-]N(c1[c-]c(Oc3[c-]c(-c4cc(C(C)(C)C)ccn4)ccc3)cc(C(C)(C)C)c1)c1ccccc1-2.[Pt]. The summed E-state index contributed by atoms with van der Waals surface area (Å²) in [6.45, 7) is 19.5. The van der Waals surface area contributed by atoms with E-state index >= 15 is 0 Å². The van der Waals surface area contributed by atoms with Gasteiger partial charge in [-0.3, -0.25) is 0 Å². The number of ether oxygens (including phenoxy) is 1. The molecule has 0 atom stereocenters. The number of aryl methyl sites for hydroxylation is 1. The summed E-state index contributed by atoms with van der Waals surface area (Å²) in [6.07, 6.45) is 1.87. The molecule has 0 fully saturated rings. The Balaban J connectivity index is 0.00000368. The molecule has 6 heteroatoms. The third-order valence-electron chi connectivity index (χ3n) is 7.87. The molecule has 0 N–H and O–H groups in total. The Bertz CT molecular complexity index is 1790. The number of fused-ring (bicyclic) bond motifs is 3. The Labute approximate surface area is 270 Å². The molecule has 0 aliphatic carbocycles. The first kappa shape index (κ1) is 30.6. The average molecular weight is 749 g/mol. The molecule has 0 amide bonds. The van der Waals surface area contributed by atoms with Crippen molar-refractivity contribution >= 4 is 11.4 Å². The molecule has 3 heterocycles. The smallest absolute Gasteiger partial charge is 0.0421 e. The Morgan fingerprint density at radius 1 is 0.791 bits per heavy atom. The van der Waals surface area contributed by atoms with Gasteiger partial charge in [-0.1, -0.05) is 90.2 Å². The van der Waals surface area contributed by atoms with Crippen LogP contribution in [0.15, 0.2) is 72.9 Å². The van der Waals surface area contributed by atoms with Gasteiger partial charge in [0, 0.05) is 50.3 Å². The van der Waals surface area contributed by atoms with Gasteiger partial charge < -0.3 is 24.2 Å². The van der Waals surface area contributed by atoms with Gasteiger partial charge in [0.2, 0.25) is 0 Å². The number of nitrogens with zero attached hydrogens (tertiary/aromatic N) is 4. The molecule has 5 aromatic rings. The number of hydrogen-bond acceptors (Lipinski definition) is 4. The van der Waals surface area contributed by atoms with Crippen molar-refractivity contribution in [3.8, 4) is 34.1 Å². The van der Waals surface area contributed by atoms with Crippen LogP contribution in [0.1, 0.15) is 64.1 Å². The van der Waals surface area contributed by atoms with Crippen LogP contribution in [0.3, 0.4) is 0 Å². The molecule has 5 nitrogen and oxygen atoms in total. The zero-order valence-corrected chi connectivity index (χ0v) is 28.3. The molecule has 0 radical (unpaired) electrons. The molecule has 3 aromatic carbocycles. The van der Waals surface area contributed by atoms with Gasteiger partial charge in [-0.25, -0.2) is 0 Å². The van der Waals surface area contributed by atoms with Crippen LogP contribution in [0.25, 0.3) is 22.6 Å². The van der Waals surface area contributed by atoms with E-state index in [1.165, 1.54) is 5.56 Å². The van der Waals surface area contributed by atoms with Crippen molar-refractivity contribution in [2.24, 2.45) is 0 Å². The predicted octanol–water partition coefficient (Wildman–Crippen LogP) is 9.33. The summed E-state index contributed by atoms with van der Waals surface area (Å²) in [5, 5.41) is 0. The van der Waals surface area contributed by atoms with E-state index in [0.29, 0.717) is 11.5 Å². The molecule has 1 aliphatic rings. The van der Waals surface area contributed by atoms with Crippen LogP contribution < -0.4 is 9.64 Å². The summed E-state index contributed by atoms with van der Waals surface area (Å²) >= 11 is 0. The van der Waals surface area contributed by atoms with Crippen molar-refractivity contribution < 1.29 is 25.8 Å². The van der Waals surface area contributed by atoms with Gasteiger partial charge in [0.1, 0.15) is 0 Å². The first-order valence-corrected chi connectivity index (χ1v) is 14.4. The van der Waals surface area contributed by atoms with Gasteiger partial charge in [-0.15, -0.1) is 47.5 Å². The van der Waals surface area contributed by atoms with E-state index in [-0.39, 0.29) is 31.9 Å². The number of pyridine rings is 1. The normalized spacial score (nSPS) is 12.6. The molecule has 1 aliphatic heterocycles. The maximum absolute atomic E-state index is 6.49. The first-order chi connectivity index (χ1) is 19.9. The molecular weight excluding hydrogens is 712 g/mol. The van der Waals surface area contributed by atoms with E-state index in [4.69, 9.17) is 9.72 Å². The molecule has 224 valence electrons. The van der Waals surface area contributed by atoms with Crippen molar-refractivity contribution in [3.63, 3.8) is 0 Å². The van der Waals surface area contributed by atoms with Crippen LogP contribution in [0, 0.1) is 32.6 Å². The zero-order chi connectivity index (χ0) is 29.8. The summed E-state index contributed by atoms with van der Waals surface area (Å²) in [5.74, 6) is 2.21. The summed E-state index contributed by atoms with van der Waals surface area (Å²) in [4.78, 5) is 11.7. The second-order valence-corrected chi connectivity index (χ2v) is 13.1. The number of rotatable bonds is 4. The average Bonchev–Trinajstić information content (AvgIpc) is 3.25. The number of aromatic nitrogens is 3. The minimum Gasteiger partial charge on any atom is -0.503 e. The quantitative estimate of drug-likeness (QED) is 0.172. The van der Waals surface area contributed by atoms with Crippen molar-refractivity contribution in [3.05, 3.63) is 114 Å². The molecule has 0 unspecified atom stereocenters. The zero-order valence-electron chi connectivity index (χ0n) is 26.0. The molecule has 0 bridgehead atoms. The summed E-state index contributed by atoms with van der Waals surface area (Å²) in [6, 6.07) is 29.8. The maximum atomic E-state index is 6.49. The molecule has 2 aromatic heterocycles. The van der Waals surface area contributed by atoms with E-state index in [2.05, 4.69) is 137 Å². The number of benzene rings is 3. The Morgan fingerprint density at radius 2 is 1.53 bits per heavy atom. The standard InChI is InChI=1S/C37H37N4O.Pt/c1-24-25(2)40-23-41(34-15-10-9-14-32(34)35(40)39-24)29-19-28(37(6,7)8)20-31(22-29)42-30-13-11-12-26(18-30)33-21-27(16-17-38-33)36(3,4)5;/h9-17,19-21,23H,1-8H3;/q-3;. The fourth-order valence-corrected chi connectivity index (χ4v) is 5.17. The minimum absolute atomic E-state index is 0. The van der Waals surface area contributed by atoms with Crippen LogP contribution in [-0.2, 0) is 31.9 Å². The molecular formula is C37H37N4OPt-3. The number of imidazole rings is 1. The number of anilines is 2. The van der Waals surface area contributed by atoms with Gasteiger partial charge in [0.25, 0.3) is 0 Å². The molecule has 0 saturated carbocycles. The third-order valence-corrected chi connectivity index (χ3v) is 7.87. The number of hydrogen-bond donors (Lipinski definition) is 0. The minimum atomic E-state index is -0.104. The first-order valence-electron chi connectivity index (χ1n) is 14.4. The van der Waals surface area contributed by atoms with Crippen LogP contribution in [-0.4, -0.2) is 14.5 Å². The van der Waals surface area contributed by atoms with Crippen molar-refractivity contribution in [1.82, 2.24) is 14.5 Å². The van der Waals surface area contributed by atoms with Crippen LogP contribution >= 0.6 is 0 Å². The summed E-state index contributed by atoms with van der Waals surface area (Å²) in [5.41, 5.74) is 9.25. The summed E-state index contributed by atoms with van der Waals surface area (Å²) in [7, 11) is 0. The second-order valence-electron chi connectivity index (χ2n) is 13.1. The van der Waals surface area contributed by atoms with Gasteiger partial charge in [0.05, 0.1) is 0 Å². The largest absolute Gasteiger partial charge is 0.503 e. The second kappa shape index (κ2) is 11.4. The Hall–Kier alpha value is -3.82. The van der Waals surface area contributed by atoms with Gasteiger partial charge >= 0.3 is 0 Å². The van der Waals surface area contributed by atoms with Gasteiger partial charge in [-0.05, 0) is 59.1 Å². The van der Waals surface area contributed by atoms with E-state index < -0.39 is 0 Å². The third kappa shape index (κ3) is 6.01. The predicted molar refractivity (Wildman–Crippen MR) is 170 cm³/mol. The summed E-state index contributed by atoms with van der Waals surface area (Å²) < 4.78 is 8.65. The molecule has 0 spiro atoms. The molecule has 43 heavy (non-hydrogen) atoms. The van der Waals surface area contributed by atoms with E-state index in [1.807, 2.05) is 24.4 Å². The number of para-hydroxylation sites is 1.